The molecule has 0 saturated carbocycles. The van der Waals surface area contributed by atoms with Gasteiger partial charge >= 0.3 is 0 Å². The quantitative estimate of drug-likeness (QED) is 0.306. The summed E-state index contributed by atoms with van der Waals surface area (Å²) in [7, 11) is 1.63. The Morgan fingerprint density at radius 3 is 2.68 bits per heavy atom. The molecular formula is C25H22Cl2N4O5S2. The van der Waals surface area contributed by atoms with Crippen LogP contribution < -0.4 is 0 Å². The van der Waals surface area contributed by atoms with Crippen LogP contribution in [0.1, 0.15) is 17.9 Å². The van der Waals surface area contributed by atoms with E-state index in [1.807, 2.05) is 36.4 Å². The molecule has 6 rings (SSSR count). The Morgan fingerprint density at radius 1 is 1.11 bits per heavy atom. The first kappa shape index (κ1) is 26.0. The number of ether oxygens (including phenoxy) is 4. The van der Waals surface area contributed by atoms with E-state index in [1.165, 1.54) is 11.8 Å². The summed E-state index contributed by atoms with van der Waals surface area (Å²) in [4.78, 5) is 5.00. The Balaban J connectivity index is 1.35. The molecule has 198 valence electrons. The summed E-state index contributed by atoms with van der Waals surface area (Å²) in [6.45, 7) is 0.317. The molecule has 0 aliphatic carbocycles. The number of benzene rings is 2. The molecule has 2 aromatic carbocycles. The molecule has 2 fully saturated rings. The average Bonchev–Trinajstić information content (AvgIpc) is 3.59. The molecule has 0 spiro atoms. The van der Waals surface area contributed by atoms with Gasteiger partial charge in [0.25, 0.3) is 5.19 Å². The maximum absolute atomic E-state index is 9.71. The van der Waals surface area contributed by atoms with Gasteiger partial charge in [0.1, 0.15) is 41.2 Å². The summed E-state index contributed by atoms with van der Waals surface area (Å²) in [6, 6.07) is 14.8. The fraction of sp³-hybridized carbons (Fsp3) is 0.320. The maximum atomic E-state index is 9.71. The molecule has 0 amide bonds. The van der Waals surface area contributed by atoms with Crippen molar-refractivity contribution in [2.24, 2.45) is 0 Å². The highest BCUT2D eigenvalue weighted by atomic mass is 35.5. The van der Waals surface area contributed by atoms with Crippen molar-refractivity contribution in [1.82, 2.24) is 20.0 Å². The zero-order valence-electron chi connectivity index (χ0n) is 19.9. The fourth-order valence-corrected chi connectivity index (χ4v) is 6.71. The lowest BCUT2D eigenvalue weighted by Gasteiger charge is -2.48. The minimum atomic E-state index is -0.571. The molecule has 38 heavy (non-hydrogen) atoms. The number of methoxy groups -OCH3 is 1. The monoisotopic (exact) mass is 592 g/mol. The van der Waals surface area contributed by atoms with E-state index in [1.54, 1.807) is 35.5 Å². The van der Waals surface area contributed by atoms with E-state index in [4.69, 9.17) is 42.1 Å². The van der Waals surface area contributed by atoms with Gasteiger partial charge < -0.3 is 24.1 Å². The first-order valence-electron chi connectivity index (χ1n) is 11.7. The lowest BCUT2D eigenvalue weighted by Crippen LogP contribution is -2.59. The third-order valence-corrected chi connectivity index (χ3v) is 8.89. The van der Waals surface area contributed by atoms with Gasteiger partial charge in [-0.3, -0.25) is 0 Å². The van der Waals surface area contributed by atoms with Crippen LogP contribution in [0.4, 0.5) is 0 Å². The van der Waals surface area contributed by atoms with Crippen molar-refractivity contribution >= 4 is 46.3 Å². The second kappa shape index (κ2) is 11.1. The molecule has 2 aliphatic heterocycles. The van der Waals surface area contributed by atoms with Crippen LogP contribution >= 0.6 is 46.3 Å². The van der Waals surface area contributed by atoms with E-state index in [9.17, 15) is 5.11 Å². The number of halogens is 2. The molecular weight excluding hydrogens is 571 g/mol. The van der Waals surface area contributed by atoms with Crippen LogP contribution in [-0.2, 0) is 18.9 Å². The van der Waals surface area contributed by atoms with Gasteiger partial charge in [0, 0.05) is 22.9 Å². The zero-order valence-corrected chi connectivity index (χ0v) is 23.0. The van der Waals surface area contributed by atoms with E-state index in [2.05, 4.69) is 15.3 Å². The maximum Gasteiger partial charge on any atom is 0.271 e. The molecule has 13 heteroatoms. The molecule has 2 saturated heterocycles. The summed E-state index contributed by atoms with van der Waals surface area (Å²) in [5.41, 5.74) is 1.52. The zero-order chi connectivity index (χ0) is 26.2. The highest BCUT2D eigenvalue weighted by Crippen LogP contribution is 2.45. The van der Waals surface area contributed by atoms with Gasteiger partial charge in [0.15, 0.2) is 6.29 Å². The van der Waals surface area contributed by atoms with Crippen molar-refractivity contribution < 1.29 is 24.1 Å². The first-order valence-corrected chi connectivity index (χ1v) is 14.2. The largest absolute Gasteiger partial charge is 0.486 e. The molecule has 2 aromatic heterocycles. The molecule has 6 atom stereocenters. The third-order valence-electron chi connectivity index (χ3n) is 6.37. The molecule has 2 aliphatic rings. The van der Waals surface area contributed by atoms with Gasteiger partial charge in [0.2, 0.25) is 0 Å². The topological polar surface area (TPSA) is 101 Å². The van der Waals surface area contributed by atoms with Crippen molar-refractivity contribution in [3.8, 4) is 16.6 Å². The van der Waals surface area contributed by atoms with Crippen molar-refractivity contribution in [2.45, 2.75) is 41.0 Å². The standard InChI is InChI=1S/C25H22Cl2N4O5S2/c1-33-22-20(31-10-17(29-30-31)18-12-37-25(32)28-18)21-19(11-34-23(36-21)13-5-3-2-4-6-13)35-24(22)38-14-7-8-15(26)16(27)9-14/h2-10,12,19-24H,11H2,1H3,(H,28,32)/t19?,20?,21-,22?,23?,24+/m0/s1. The summed E-state index contributed by atoms with van der Waals surface area (Å²) in [5, 5.41) is 21.1. The minimum Gasteiger partial charge on any atom is -0.486 e. The lowest BCUT2D eigenvalue weighted by atomic mass is 9.95. The number of aromatic nitrogens is 4. The van der Waals surface area contributed by atoms with E-state index in [-0.39, 0.29) is 5.19 Å². The second-order valence-electron chi connectivity index (χ2n) is 8.70. The Hall–Kier alpha value is -2.22. The fourth-order valence-electron chi connectivity index (χ4n) is 4.60. The number of fused-ring (bicyclic) bond motifs is 1. The van der Waals surface area contributed by atoms with Crippen LogP contribution in [-0.4, -0.2) is 62.5 Å². The number of aromatic hydroxyl groups is 1. The van der Waals surface area contributed by atoms with Crippen LogP contribution in [0.2, 0.25) is 10.0 Å². The third kappa shape index (κ3) is 5.17. The van der Waals surface area contributed by atoms with Crippen molar-refractivity contribution in [1.29, 1.82) is 0 Å². The highest BCUT2D eigenvalue weighted by Gasteiger charge is 2.52. The van der Waals surface area contributed by atoms with Gasteiger partial charge in [0.05, 0.1) is 22.8 Å². The number of nitrogens with zero attached hydrogens (tertiary/aromatic N) is 4. The van der Waals surface area contributed by atoms with Crippen LogP contribution in [0.5, 0.6) is 5.19 Å². The predicted octanol–water partition coefficient (Wildman–Crippen LogP) is 5.60. The number of thiazole rings is 1. The first-order chi connectivity index (χ1) is 18.5. The minimum absolute atomic E-state index is 0.0352. The summed E-state index contributed by atoms with van der Waals surface area (Å²) in [6.07, 6.45) is -0.127. The second-order valence-corrected chi connectivity index (χ2v) is 11.5. The van der Waals surface area contributed by atoms with Crippen molar-refractivity contribution in [3.63, 3.8) is 0 Å². The van der Waals surface area contributed by atoms with E-state index < -0.39 is 36.1 Å². The van der Waals surface area contributed by atoms with Crippen LogP contribution in [0.3, 0.4) is 0 Å². The molecule has 0 radical (unpaired) electrons. The van der Waals surface area contributed by atoms with Crippen LogP contribution in [0.25, 0.3) is 11.4 Å². The van der Waals surface area contributed by atoms with Gasteiger partial charge in [-0.15, -0.1) is 5.10 Å². The van der Waals surface area contributed by atoms with Gasteiger partial charge in [-0.2, -0.15) is 0 Å². The summed E-state index contributed by atoms with van der Waals surface area (Å²) < 4.78 is 26.9. The predicted molar refractivity (Wildman–Crippen MR) is 144 cm³/mol. The normalized spacial score (nSPS) is 27.2. The molecule has 0 bridgehead atoms. The Labute approximate surface area is 236 Å². The van der Waals surface area contributed by atoms with E-state index >= 15 is 0 Å². The number of hydrogen-bond donors (Lipinski definition) is 1. The Kier molecular flexibility index (Phi) is 7.61. The van der Waals surface area contributed by atoms with Gasteiger partial charge in [-0.05, 0) is 18.2 Å². The lowest BCUT2D eigenvalue weighted by molar-refractivity contribution is -0.308. The van der Waals surface area contributed by atoms with E-state index in [0.29, 0.717) is 28.0 Å². The van der Waals surface area contributed by atoms with Gasteiger partial charge in [-0.1, -0.05) is 81.8 Å². The number of thioether (sulfide) groups is 1. The van der Waals surface area contributed by atoms with E-state index in [0.717, 1.165) is 21.8 Å². The Bertz CT molecular complexity index is 1410. The summed E-state index contributed by atoms with van der Waals surface area (Å²) >= 11 is 15.0. The average molecular weight is 594 g/mol. The SMILES string of the molecule is COC1C(n2cc(-c3csc(O)n3)nn2)[C@H]2OC(c3ccccc3)OCC2O[C@@H]1Sc1ccc(Cl)c(Cl)c1. The molecule has 4 heterocycles. The smallest absolute Gasteiger partial charge is 0.271 e. The van der Waals surface area contributed by atoms with Crippen molar-refractivity contribution in [3.05, 3.63) is 75.7 Å². The van der Waals surface area contributed by atoms with Crippen LogP contribution in [0, 0.1) is 0 Å². The molecule has 9 nitrogen and oxygen atoms in total. The molecule has 1 N–H and O–H groups in total. The van der Waals surface area contributed by atoms with Gasteiger partial charge in [-0.25, -0.2) is 9.67 Å². The number of hydrogen-bond acceptors (Lipinski definition) is 10. The van der Waals surface area contributed by atoms with Crippen LogP contribution in [0.15, 0.2) is 65.0 Å². The highest BCUT2D eigenvalue weighted by molar-refractivity contribution is 7.99. The molecule has 4 aromatic rings. The molecule has 4 unspecified atom stereocenters. The summed E-state index contributed by atoms with van der Waals surface area (Å²) in [5.74, 6) is 0. The van der Waals surface area contributed by atoms with Crippen molar-refractivity contribution in [2.75, 3.05) is 13.7 Å². The Morgan fingerprint density at radius 2 is 1.95 bits per heavy atom. The number of rotatable bonds is 6.